The number of nitrogens with zero attached hydrogens (tertiary/aromatic N) is 2. The number of likely N-dealkylation sites (N-methyl/N-ethyl adjacent to an activating group) is 1. The summed E-state index contributed by atoms with van der Waals surface area (Å²) in [6.45, 7) is 9.07. The fourth-order valence-electron chi connectivity index (χ4n) is 1.96. The number of benzene rings is 1. The highest BCUT2D eigenvalue weighted by Crippen LogP contribution is 2.28. The van der Waals surface area contributed by atoms with Gasteiger partial charge in [-0.3, -0.25) is 10.1 Å². The maximum Gasteiger partial charge on any atom is 0.293 e. The van der Waals surface area contributed by atoms with Gasteiger partial charge in [0.1, 0.15) is 5.69 Å². The van der Waals surface area contributed by atoms with Crippen molar-refractivity contribution in [3.8, 4) is 0 Å². The molecule has 0 aliphatic carbocycles. The molecule has 0 aliphatic rings. The van der Waals surface area contributed by atoms with Gasteiger partial charge in [-0.25, -0.2) is 0 Å². The minimum atomic E-state index is -0.364. The molecule has 0 bridgehead atoms. The molecular formula is C13H20BrN3O2. The average Bonchev–Trinajstić information content (AvgIpc) is 2.37. The van der Waals surface area contributed by atoms with Gasteiger partial charge in [-0.15, -0.1) is 0 Å². The van der Waals surface area contributed by atoms with Crippen LogP contribution in [-0.4, -0.2) is 35.5 Å². The van der Waals surface area contributed by atoms with Gasteiger partial charge in [0.15, 0.2) is 0 Å². The van der Waals surface area contributed by atoms with E-state index in [0.717, 1.165) is 19.6 Å². The number of nitrogens with one attached hydrogen (secondary N) is 1. The lowest BCUT2D eigenvalue weighted by molar-refractivity contribution is -0.384. The van der Waals surface area contributed by atoms with Crippen LogP contribution in [0.4, 0.5) is 11.4 Å². The summed E-state index contributed by atoms with van der Waals surface area (Å²) >= 11 is 3.25. The Morgan fingerprint density at radius 3 is 2.58 bits per heavy atom. The smallest absolute Gasteiger partial charge is 0.293 e. The lowest BCUT2D eigenvalue weighted by atomic mass is 10.2. The number of anilines is 1. The summed E-state index contributed by atoms with van der Waals surface area (Å²) in [7, 11) is 0. The molecule has 1 atom stereocenters. The van der Waals surface area contributed by atoms with Crippen LogP contribution >= 0.6 is 15.9 Å². The van der Waals surface area contributed by atoms with E-state index in [-0.39, 0.29) is 16.7 Å². The van der Waals surface area contributed by atoms with Crippen molar-refractivity contribution >= 4 is 27.3 Å². The molecule has 0 radical (unpaired) electrons. The minimum absolute atomic E-state index is 0.0979. The van der Waals surface area contributed by atoms with Crippen LogP contribution in [-0.2, 0) is 0 Å². The zero-order chi connectivity index (χ0) is 14.4. The second kappa shape index (κ2) is 7.45. The van der Waals surface area contributed by atoms with Gasteiger partial charge in [0.25, 0.3) is 5.69 Å². The summed E-state index contributed by atoms with van der Waals surface area (Å²) < 4.78 is 0.709. The molecule has 5 nitrogen and oxygen atoms in total. The first kappa shape index (κ1) is 15.9. The molecule has 0 aromatic heterocycles. The summed E-state index contributed by atoms with van der Waals surface area (Å²) in [4.78, 5) is 12.9. The topological polar surface area (TPSA) is 58.4 Å². The zero-order valence-corrected chi connectivity index (χ0v) is 13.1. The highest BCUT2D eigenvalue weighted by Gasteiger charge is 2.16. The van der Waals surface area contributed by atoms with Crippen molar-refractivity contribution in [3.63, 3.8) is 0 Å². The van der Waals surface area contributed by atoms with Gasteiger partial charge in [-0.2, -0.15) is 0 Å². The van der Waals surface area contributed by atoms with E-state index in [1.165, 1.54) is 6.07 Å². The van der Waals surface area contributed by atoms with Crippen LogP contribution in [0.5, 0.6) is 0 Å². The molecule has 0 aliphatic heterocycles. The van der Waals surface area contributed by atoms with Crippen molar-refractivity contribution in [2.24, 2.45) is 0 Å². The second-order valence-corrected chi connectivity index (χ2v) is 5.37. The Morgan fingerprint density at radius 2 is 2.05 bits per heavy atom. The van der Waals surface area contributed by atoms with E-state index in [0.29, 0.717) is 10.2 Å². The average molecular weight is 330 g/mol. The Morgan fingerprint density at radius 1 is 1.42 bits per heavy atom. The highest BCUT2D eigenvalue weighted by atomic mass is 79.9. The number of rotatable bonds is 7. The maximum absolute atomic E-state index is 11.0. The van der Waals surface area contributed by atoms with Crippen LogP contribution in [0.1, 0.15) is 20.8 Å². The molecule has 6 heteroatoms. The SMILES string of the molecule is CCN(CC)CC(C)Nc1ccc(Br)cc1[N+](=O)[O-]. The van der Waals surface area contributed by atoms with Crippen LogP contribution in [0.3, 0.4) is 0 Å². The van der Waals surface area contributed by atoms with Gasteiger partial charge in [0.2, 0.25) is 0 Å². The van der Waals surface area contributed by atoms with E-state index in [4.69, 9.17) is 0 Å². The molecule has 19 heavy (non-hydrogen) atoms. The first-order chi connectivity index (χ1) is 8.97. The fraction of sp³-hybridized carbons (Fsp3) is 0.538. The summed E-state index contributed by atoms with van der Waals surface area (Å²) in [5.41, 5.74) is 0.661. The third kappa shape index (κ3) is 4.80. The van der Waals surface area contributed by atoms with Gasteiger partial charge in [-0.05, 0) is 32.1 Å². The Hall–Kier alpha value is -1.14. The van der Waals surface area contributed by atoms with Crippen molar-refractivity contribution in [3.05, 3.63) is 32.8 Å². The lowest BCUT2D eigenvalue weighted by Gasteiger charge is -2.24. The van der Waals surface area contributed by atoms with Gasteiger partial charge in [-0.1, -0.05) is 29.8 Å². The highest BCUT2D eigenvalue weighted by molar-refractivity contribution is 9.10. The molecule has 0 fully saturated rings. The third-order valence-corrected chi connectivity index (χ3v) is 3.48. The van der Waals surface area contributed by atoms with Crippen LogP contribution in [0.25, 0.3) is 0 Å². The number of halogens is 1. The molecule has 1 unspecified atom stereocenters. The third-order valence-electron chi connectivity index (χ3n) is 2.98. The van der Waals surface area contributed by atoms with Gasteiger partial charge in [0.05, 0.1) is 4.92 Å². The van der Waals surface area contributed by atoms with Crippen LogP contribution in [0.2, 0.25) is 0 Å². The van der Waals surface area contributed by atoms with Crippen LogP contribution in [0.15, 0.2) is 22.7 Å². The van der Waals surface area contributed by atoms with Crippen LogP contribution < -0.4 is 5.32 Å². The molecule has 1 aromatic rings. The monoisotopic (exact) mass is 329 g/mol. The van der Waals surface area contributed by atoms with E-state index in [1.807, 2.05) is 6.92 Å². The molecule has 0 amide bonds. The normalized spacial score (nSPS) is 12.5. The van der Waals surface area contributed by atoms with Gasteiger partial charge >= 0.3 is 0 Å². The van der Waals surface area contributed by atoms with E-state index in [9.17, 15) is 10.1 Å². The molecule has 1 aromatic carbocycles. The summed E-state index contributed by atoms with van der Waals surface area (Å²) in [5.74, 6) is 0. The molecule has 106 valence electrons. The molecule has 0 saturated carbocycles. The van der Waals surface area contributed by atoms with Gasteiger partial charge in [0, 0.05) is 23.1 Å². The molecule has 0 heterocycles. The lowest BCUT2D eigenvalue weighted by Crippen LogP contribution is -2.34. The largest absolute Gasteiger partial charge is 0.376 e. The van der Waals surface area contributed by atoms with Crippen LogP contribution in [0, 0.1) is 10.1 Å². The quantitative estimate of drug-likeness (QED) is 0.614. The predicted molar refractivity (Wildman–Crippen MR) is 81.7 cm³/mol. The van der Waals surface area contributed by atoms with Crippen molar-refractivity contribution in [1.29, 1.82) is 0 Å². The number of hydrogen-bond donors (Lipinski definition) is 1. The van der Waals surface area contributed by atoms with E-state index in [1.54, 1.807) is 12.1 Å². The number of hydrogen-bond acceptors (Lipinski definition) is 4. The Bertz CT molecular complexity index is 436. The van der Waals surface area contributed by atoms with Crippen molar-refractivity contribution < 1.29 is 4.92 Å². The molecule has 0 spiro atoms. The van der Waals surface area contributed by atoms with Crippen molar-refractivity contribution in [2.45, 2.75) is 26.8 Å². The Balaban J connectivity index is 2.78. The van der Waals surface area contributed by atoms with E-state index < -0.39 is 0 Å². The summed E-state index contributed by atoms with van der Waals surface area (Å²) in [6.07, 6.45) is 0. The number of nitro benzene ring substituents is 1. The van der Waals surface area contributed by atoms with E-state index >= 15 is 0 Å². The van der Waals surface area contributed by atoms with Crippen molar-refractivity contribution in [1.82, 2.24) is 4.90 Å². The van der Waals surface area contributed by atoms with Crippen molar-refractivity contribution in [2.75, 3.05) is 25.0 Å². The Kier molecular flexibility index (Phi) is 6.24. The standard InChI is InChI=1S/C13H20BrN3O2/c1-4-16(5-2)9-10(3)15-12-7-6-11(14)8-13(12)17(18)19/h6-8,10,15H,4-5,9H2,1-3H3. The summed E-state index contributed by atoms with van der Waals surface area (Å²) in [6, 6.07) is 5.21. The fourth-order valence-corrected chi connectivity index (χ4v) is 2.31. The summed E-state index contributed by atoms with van der Waals surface area (Å²) in [5, 5.41) is 14.2. The Labute approximate surface area is 122 Å². The number of nitro groups is 1. The first-order valence-electron chi connectivity index (χ1n) is 6.40. The maximum atomic E-state index is 11.0. The molecule has 0 saturated heterocycles. The molecular weight excluding hydrogens is 310 g/mol. The zero-order valence-electron chi connectivity index (χ0n) is 11.5. The molecule has 1 N–H and O–H groups in total. The second-order valence-electron chi connectivity index (χ2n) is 4.45. The minimum Gasteiger partial charge on any atom is -0.376 e. The van der Waals surface area contributed by atoms with E-state index in [2.05, 4.69) is 40.0 Å². The van der Waals surface area contributed by atoms with Gasteiger partial charge < -0.3 is 10.2 Å². The predicted octanol–water partition coefficient (Wildman–Crippen LogP) is 3.50. The first-order valence-corrected chi connectivity index (χ1v) is 7.20. The molecule has 1 rings (SSSR count).